The van der Waals surface area contributed by atoms with E-state index in [1.807, 2.05) is 46.5 Å². The van der Waals surface area contributed by atoms with Crippen LogP contribution in [0.3, 0.4) is 0 Å². The van der Waals surface area contributed by atoms with Crippen LogP contribution in [0.5, 0.6) is 0 Å². The van der Waals surface area contributed by atoms with Crippen molar-refractivity contribution >= 4 is 22.9 Å². The Morgan fingerprint density at radius 3 is 2.96 bits per heavy atom. The van der Waals surface area contributed by atoms with Gasteiger partial charge in [-0.15, -0.1) is 16.4 Å². The average molecular weight is 377 g/mol. The van der Waals surface area contributed by atoms with Crippen LogP contribution in [0.25, 0.3) is 22.0 Å². The van der Waals surface area contributed by atoms with Crippen LogP contribution < -0.4 is 5.32 Å². The maximum Gasteiger partial charge on any atom is 0.276 e. The Morgan fingerprint density at radius 1 is 1.22 bits per heavy atom. The molecule has 2 N–H and O–H groups in total. The summed E-state index contributed by atoms with van der Waals surface area (Å²) in [5.74, 6) is 0.446. The molecule has 0 spiro atoms. The highest BCUT2D eigenvalue weighted by Gasteiger charge is 2.28. The van der Waals surface area contributed by atoms with E-state index in [1.54, 1.807) is 17.4 Å². The predicted molar refractivity (Wildman–Crippen MR) is 101 cm³/mol. The van der Waals surface area contributed by atoms with Crippen LogP contribution in [0.2, 0.25) is 0 Å². The van der Waals surface area contributed by atoms with E-state index in [2.05, 4.69) is 31.0 Å². The van der Waals surface area contributed by atoms with E-state index in [-0.39, 0.29) is 5.91 Å². The van der Waals surface area contributed by atoms with Crippen molar-refractivity contribution in [2.45, 2.75) is 18.9 Å². The van der Waals surface area contributed by atoms with E-state index in [9.17, 15) is 4.79 Å². The Labute approximate surface area is 158 Å². The molecule has 1 aliphatic rings. The average Bonchev–Trinajstić information content (AvgIpc) is 3.15. The topological polar surface area (TPSA) is 101 Å². The fourth-order valence-electron chi connectivity index (χ4n) is 2.88. The summed E-state index contributed by atoms with van der Waals surface area (Å²) < 4.78 is 1.85. The van der Waals surface area contributed by atoms with Crippen molar-refractivity contribution in [1.29, 1.82) is 0 Å². The molecule has 3 heterocycles. The van der Waals surface area contributed by atoms with E-state index in [4.69, 9.17) is 0 Å². The van der Waals surface area contributed by atoms with Crippen LogP contribution in [-0.2, 0) is 0 Å². The zero-order valence-electron chi connectivity index (χ0n) is 14.2. The highest BCUT2D eigenvalue weighted by molar-refractivity contribution is 7.13. The molecule has 4 aromatic rings. The molecule has 0 radical (unpaired) electrons. The second-order valence-electron chi connectivity index (χ2n) is 6.36. The molecule has 134 valence electrons. The molecular formula is C18H15N7OS. The molecule has 1 aromatic carbocycles. The number of carbonyl (C=O) groups excluding carboxylic acids is 1. The van der Waals surface area contributed by atoms with Gasteiger partial charge in [0.05, 0.1) is 16.6 Å². The molecule has 5 rings (SSSR count). The Kier molecular flexibility index (Phi) is 3.79. The van der Waals surface area contributed by atoms with Gasteiger partial charge in [-0.2, -0.15) is 5.10 Å². The summed E-state index contributed by atoms with van der Waals surface area (Å²) >= 11 is 1.59. The molecule has 27 heavy (non-hydrogen) atoms. The number of thiophene rings is 1. The number of benzene rings is 1. The first-order valence-corrected chi connectivity index (χ1v) is 9.45. The van der Waals surface area contributed by atoms with Crippen molar-refractivity contribution in [3.63, 3.8) is 0 Å². The maximum atomic E-state index is 12.5. The lowest BCUT2D eigenvalue weighted by atomic mass is 10.2. The normalized spacial score (nSPS) is 13.6. The zero-order chi connectivity index (χ0) is 18.2. The number of amides is 1. The fraction of sp³-hybridized carbons (Fsp3) is 0.167. The van der Waals surface area contributed by atoms with Gasteiger partial charge in [0.25, 0.3) is 5.91 Å². The van der Waals surface area contributed by atoms with Crippen molar-refractivity contribution in [2.24, 2.45) is 0 Å². The molecule has 3 aromatic heterocycles. The number of hydrogen-bond acceptors (Lipinski definition) is 6. The van der Waals surface area contributed by atoms with Gasteiger partial charge in [-0.05, 0) is 52.9 Å². The Morgan fingerprint density at radius 2 is 2.15 bits per heavy atom. The predicted octanol–water partition coefficient (Wildman–Crippen LogP) is 3.38. The number of aromatic nitrogens is 6. The second kappa shape index (κ2) is 6.44. The van der Waals surface area contributed by atoms with Crippen LogP contribution >= 0.6 is 11.3 Å². The second-order valence-corrected chi connectivity index (χ2v) is 7.31. The van der Waals surface area contributed by atoms with E-state index >= 15 is 0 Å². The number of nitrogens with one attached hydrogen (secondary N) is 2. The van der Waals surface area contributed by atoms with Gasteiger partial charge in [0.1, 0.15) is 0 Å². The third-order valence-corrected chi connectivity index (χ3v) is 5.26. The summed E-state index contributed by atoms with van der Waals surface area (Å²) in [6.45, 7) is 0. The number of hydrogen-bond donors (Lipinski definition) is 2. The van der Waals surface area contributed by atoms with E-state index in [0.29, 0.717) is 23.2 Å². The van der Waals surface area contributed by atoms with Crippen molar-refractivity contribution in [2.75, 3.05) is 5.32 Å². The maximum absolute atomic E-state index is 12.5. The molecule has 8 nitrogen and oxygen atoms in total. The molecule has 9 heteroatoms. The van der Waals surface area contributed by atoms with Crippen LogP contribution in [-0.4, -0.2) is 36.3 Å². The van der Waals surface area contributed by atoms with Gasteiger partial charge in [-0.3, -0.25) is 9.89 Å². The summed E-state index contributed by atoms with van der Waals surface area (Å²) in [7, 11) is 0. The molecule has 1 aliphatic carbocycles. The largest absolute Gasteiger partial charge is 0.321 e. The Hall–Kier alpha value is -3.33. The number of nitrogens with zero attached hydrogens (tertiary/aromatic N) is 5. The number of anilines is 1. The van der Waals surface area contributed by atoms with Crippen LogP contribution in [0.1, 0.15) is 29.4 Å². The summed E-state index contributed by atoms with van der Waals surface area (Å²) in [4.78, 5) is 13.6. The molecule has 0 saturated heterocycles. The van der Waals surface area contributed by atoms with Crippen molar-refractivity contribution in [3.8, 4) is 22.0 Å². The van der Waals surface area contributed by atoms with Crippen LogP contribution in [0, 0.1) is 0 Å². The van der Waals surface area contributed by atoms with Gasteiger partial charge in [0, 0.05) is 11.3 Å². The smallest absolute Gasteiger partial charge is 0.276 e. The SMILES string of the molecule is O=C(Nc1cccc(-c2nnnn2C2CC2)c1)c1cc(-c2cccs2)[nH]n1. The monoisotopic (exact) mass is 377 g/mol. The van der Waals surface area contributed by atoms with Gasteiger partial charge in [-0.1, -0.05) is 18.2 Å². The quantitative estimate of drug-likeness (QED) is 0.555. The molecule has 0 atom stereocenters. The first-order chi connectivity index (χ1) is 13.3. The minimum Gasteiger partial charge on any atom is -0.321 e. The summed E-state index contributed by atoms with van der Waals surface area (Å²) in [5.41, 5.74) is 2.70. The highest BCUT2D eigenvalue weighted by atomic mass is 32.1. The molecule has 0 aliphatic heterocycles. The minimum atomic E-state index is -0.270. The fourth-order valence-corrected chi connectivity index (χ4v) is 3.57. The van der Waals surface area contributed by atoms with Gasteiger partial charge in [0.2, 0.25) is 0 Å². The van der Waals surface area contributed by atoms with E-state index < -0.39 is 0 Å². The van der Waals surface area contributed by atoms with Gasteiger partial charge in [-0.25, -0.2) is 4.68 Å². The van der Waals surface area contributed by atoms with E-state index in [0.717, 1.165) is 29.0 Å². The standard InChI is InChI=1S/C18H15N7OS/c26-18(15-10-14(20-21-15)16-5-2-8-27-16)19-12-4-1-3-11(9-12)17-22-23-24-25(17)13-6-7-13/h1-5,8-10,13H,6-7H2,(H,19,26)(H,20,21). The lowest BCUT2D eigenvalue weighted by Gasteiger charge is -2.06. The first-order valence-electron chi connectivity index (χ1n) is 8.57. The van der Waals surface area contributed by atoms with Crippen LogP contribution in [0.15, 0.2) is 47.8 Å². The van der Waals surface area contributed by atoms with E-state index in [1.165, 1.54) is 0 Å². The first kappa shape index (κ1) is 15.9. The number of carbonyl (C=O) groups is 1. The number of aromatic amines is 1. The summed E-state index contributed by atoms with van der Waals surface area (Å²) in [6.07, 6.45) is 2.19. The summed E-state index contributed by atoms with van der Waals surface area (Å²) in [6, 6.07) is 13.6. The molecular weight excluding hydrogens is 362 g/mol. The van der Waals surface area contributed by atoms with Gasteiger partial charge in [0.15, 0.2) is 11.5 Å². The number of rotatable bonds is 5. The van der Waals surface area contributed by atoms with Crippen LogP contribution in [0.4, 0.5) is 5.69 Å². The molecule has 0 unspecified atom stereocenters. The molecule has 0 bridgehead atoms. The third-order valence-electron chi connectivity index (χ3n) is 4.36. The number of H-pyrrole nitrogens is 1. The summed E-state index contributed by atoms with van der Waals surface area (Å²) in [5, 5.41) is 23.9. The van der Waals surface area contributed by atoms with Crippen molar-refractivity contribution in [3.05, 3.63) is 53.5 Å². The third kappa shape index (κ3) is 3.13. The Bertz CT molecular complexity index is 1090. The number of tetrazole rings is 1. The lowest BCUT2D eigenvalue weighted by Crippen LogP contribution is -2.12. The van der Waals surface area contributed by atoms with Crippen molar-refractivity contribution in [1.82, 2.24) is 30.4 Å². The zero-order valence-corrected chi connectivity index (χ0v) is 15.0. The Balaban J connectivity index is 1.36. The molecule has 1 fully saturated rings. The molecule has 1 saturated carbocycles. The minimum absolute atomic E-state index is 0.270. The van der Waals surface area contributed by atoms with Crippen molar-refractivity contribution < 1.29 is 4.79 Å². The van der Waals surface area contributed by atoms with Gasteiger partial charge < -0.3 is 5.32 Å². The lowest BCUT2D eigenvalue weighted by molar-refractivity contribution is 0.102. The van der Waals surface area contributed by atoms with Gasteiger partial charge >= 0.3 is 0 Å². The highest BCUT2D eigenvalue weighted by Crippen LogP contribution is 2.36. The molecule has 1 amide bonds.